The quantitative estimate of drug-likeness (QED) is 0.766. The minimum absolute atomic E-state index is 0.379. The summed E-state index contributed by atoms with van der Waals surface area (Å²) in [6.07, 6.45) is 2.33. The molecule has 14 heavy (non-hydrogen) atoms. The zero-order valence-electron chi connectivity index (χ0n) is 9.33. The Morgan fingerprint density at radius 1 is 1.21 bits per heavy atom. The van der Waals surface area contributed by atoms with E-state index in [-0.39, 0.29) is 0 Å². The normalized spacial score (nSPS) is 15.1. The van der Waals surface area contributed by atoms with E-state index >= 15 is 0 Å². The van der Waals surface area contributed by atoms with E-state index in [0.29, 0.717) is 17.6 Å². The second-order valence-electron chi connectivity index (χ2n) is 4.00. The molecule has 0 bridgehead atoms. The topological polar surface area (TPSA) is 20.2 Å². The molecular formula is C13H20O. The second-order valence-corrected chi connectivity index (χ2v) is 4.00. The first-order valence-corrected chi connectivity index (χ1v) is 5.48. The molecule has 0 amide bonds. The first kappa shape index (κ1) is 11.1. The highest BCUT2D eigenvalue weighted by molar-refractivity contribution is 5.29. The van der Waals surface area contributed by atoms with E-state index in [4.69, 9.17) is 0 Å². The van der Waals surface area contributed by atoms with Gasteiger partial charge in [0.1, 0.15) is 5.75 Å². The van der Waals surface area contributed by atoms with Crippen molar-refractivity contribution in [2.75, 3.05) is 0 Å². The fourth-order valence-corrected chi connectivity index (χ4v) is 2.01. The van der Waals surface area contributed by atoms with Crippen LogP contribution >= 0.6 is 0 Å². The molecule has 78 valence electrons. The highest BCUT2D eigenvalue weighted by Gasteiger charge is 2.15. The Kier molecular flexibility index (Phi) is 3.99. The van der Waals surface area contributed by atoms with Crippen molar-refractivity contribution in [3.63, 3.8) is 0 Å². The molecule has 0 saturated carbocycles. The number of hydrogen-bond donors (Lipinski definition) is 1. The predicted octanol–water partition coefficient (Wildman–Crippen LogP) is 3.93. The highest BCUT2D eigenvalue weighted by atomic mass is 16.3. The third-order valence-electron chi connectivity index (χ3n) is 3.07. The van der Waals surface area contributed by atoms with Crippen molar-refractivity contribution in [3.8, 4) is 5.75 Å². The van der Waals surface area contributed by atoms with E-state index in [0.717, 1.165) is 6.42 Å². The van der Waals surface area contributed by atoms with Gasteiger partial charge in [0.25, 0.3) is 0 Å². The SMILES string of the molecule is CC[C@H](C)[C@@H](CC)c1cccc(O)c1. The first-order chi connectivity index (χ1) is 6.69. The van der Waals surface area contributed by atoms with Crippen molar-refractivity contribution < 1.29 is 5.11 Å². The fraction of sp³-hybridized carbons (Fsp3) is 0.538. The van der Waals surface area contributed by atoms with Gasteiger partial charge in [-0.3, -0.25) is 0 Å². The number of phenols is 1. The van der Waals surface area contributed by atoms with Crippen LogP contribution in [-0.2, 0) is 0 Å². The van der Waals surface area contributed by atoms with E-state index < -0.39 is 0 Å². The summed E-state index contributed by atoms with van der Waals surface area (Å²) in [6, 6.07) is 7.66. The summed E-state index contributed by atoms with van der Waals surface area (Å²) in [5, 5.41) is 9.41. The second kappa shape index (κ2) is 5.04. The van der Waals surface area contributed by atoms with Crippen molar-refractivity contribution in [1.29, 1.82) is 0 Å². The lowest BCUT2D eigenvalue weighted by Crippen LogP contribution is -2.07. The Hall–Kier alpha value is -0.980. The largest absolute Gasteiger partial charge is 0.508 e. The zero-order chi connectivity index (χ0) is 10.6. The molecule has 0 aliphatic heterocycles. The maximum atomic E-state index is 9.41. The van der Waals surface area contributed by atoms with Crippen molar-refractivity contribution >= 4 is 0 Å². The maximum Gasteiger partial charge on any atom is 0.115 e. The van der Waals surface area contributed by atoms with Gasteiger partial charge in [-0.2, -0.15) is 0 Å². The molecule has 1 N–H and O–H groups in total. The summed E-state index contributed by atoms with van der Waals surface area (Å²) in [4.78, 5) is 0. The van der Waals surface area contributed by atoms with Crippen LogP contribution < -0.4 is 0 Å². The molecule has 1 aromatic carbocycles. The molecule has 0 aromatic heterocycles. The van der Waals surface area contributed by atoms with Gasteiger partial charge in [-0.15, -0.1) is 0 Å². The lowest BCUT2D eigenvalue weighted by atomic mass is 9.84. The monoisotopic (exact) mass is 192 g/mol. The van der Waals surface area contributed by atoms with E-state index in [1.54, 1.807) is 6.07 Å². The average molecular weight is 192 g/mol. The standard InChI is InChI=1S/C13H20O/c1-4-10(3)13(5-2)11-7-6-8-12(14)9-11/h6-10,13-14H,4-5H2,1-3H3/t10-,13+/m0/s1. The molecule has 0 aliphatic carbocycles. The van der Waals surface area contributed by atoms with Gasteiger partial charge in [-0.1, -0.05) is 39.3 Å². The number of rotatable bonds is 4. The van der Waals surface area contributed by atoms with Crippen LogP contribution in [0.4, 0.5) is 0 Å². The molecule has 0 aliphatic rings. The lowest BCUT2D eigenvalue weighted by molar-refractivity contribution is 0.430. The van der Waals surface area contributed by atoms with Crippen LogP contribution in [0.2, 0.25) is 0 Å². The Bertz CT molecular complexity index is 280. The fourth-order valence-electron chi connectivity index (χ4n) is 2.01. The van der Waals surface area contributed by atoms with E-state index in [1.807, 2.05) is 12.1 Å². The summed E-state index contributed by atoms with van der Waals surface area (Å²) >= 11 is 0. The molecule has 0 unspecified atom stereocenters. The lowest BCUT2D eigenvalue weighted by Gasteiger charge is -2.21. The van der Waals surface area contributed by atoms with E-state index in [9.17, 15) is 5.11 Å². The molecular weight excluding hydrogens is 172 g/mol. The summed E-state index contributed by atoms with van der Waals surface area (Å²) in [5.41, 5.74) is 1.27. The predicted molar refractivity (Wildman–Crippen MR) is 60.6 cm³/mol. The van der Waals surface area contributed by atoms with Crippen LogP contribution in [0.15, 0.2) is 24.3 Å². The molecule has 0 saturated heterocycles. The molecule has 0 heterocycles. The zero-order valence-corrected chi connectivity index (χ0v) is 9.33. The van der Waals surface area contributed by atoms with Crippen molar-refractivity contribution in [2.45, 2.75) is 39.5 Å². The number of phenolic OH excluding ortho intramolecular Hbond substituents is 1. The van der Waals surface area contributed by atoms with Crippen LogP contribution in [0.25, 0.3) is 0 Å². The summed E-state index contributed by atoms with van der Waals surface area (Å²) in [7, 11) is 0. The Morgan fingerprint density at radius 3 is 2.43 bits per heavy atom. The van der Waals surface area contributed by atoms with Crippen molar-refractivity contribution in [3.05, 3.63) is 29.8 Å². The molecule has 0 fully saturated rings. The Balaban J connectivity index is 2.89. The number of aromatic hydroxyl groups is 1. The molecule has 1 aromatic rings. The van der Waals surface area contributed by atoms with E-state index in [1.165, 1.54) is 12.0 Å². The molecule has 0 radical (unpaired) electrons. The van der Waals surface area contributed by atoms with Crippen molar-refractivity contribution in [2.24, 2.45) is 5.92 Å². The van der Waals surface area contributed by atoms with Gasteiger partial charge in [0.05, 0.1) is 0 Å². The summed E-state index contributed by atoms with van der Waals surface area (Å²) in [5.74, 6) is 1.64. The number of hydrogen-bond acceptors (Lipinski definition) is 1. The summed E-state index contributed by atoms with van der Waals surface area (Å²) < 4.78 is 0. The van der Waals surface area contributed by atoms with Gasteiger partial charge >= 0.3 is 0 Å². The molecule has 1 rings (SSSR count). The van der Waals surface area contributed by atoms with Gasteiger partial charge in [0, 0.05) is 0 Å². The van der Waals surface area contributed by atoms with Crippen LogP contribution in [0.1, 0.15) is 45.1 Å². The van der Waals surface area contributed by atoms with Crippen LogP contribution in [0, 0.1) is 5.92 Å². The summed E-state index contributed by atoms with van der Waals surface area (Å²) in [6.45, 7) is 6.70. The minimum atomic E-state index is 0.379. The van der Waals surface area contributed by atoms with E-state index in [2.05, 4.69) is 26.8 Å². The Morgan fingerprint density at radius 2 is 1.93 bits per heavy atom. The smallest absolute Gasteiger partial charge is 0.115 e. The third kappa shape index (κ3) is 2.50. The van der Waals surface area contributed by atoms with Crippen LogP contribution in [0.3, 0.4) is 0 Å². The first-order valence-electron chi connectivity index (χ1n) is 5.48. The van der Waals surface area contributed by atoms with Gasteiger partial charge < -0.3 is 5.11 Å². The van der Waals surface area contributed by atoms with Gasteiger partial charge in [0.15, 0.2) is 0 Å². The minimum Gasteiger partial charge on any atom is -0.508 e. The average Bonchev–Trinajstić information content (AvgIpc) is 2.19. The molecule has 0 spiro atoms. The molecule has 2 atom stereocenters. The maximum absolute atomic E-state index is 9.41. The Labute approximate surface area is 86.8 Å². The number of benzene rings is 1. The third-order valence-corrected chi connectivity index (χ3v) is 3.07. The van der Waals surface area contributed by atoms with Gasteiger partial charge in [-0.05, 0) is 36.0 Å². The van der Waals surface area contributed by atoms with Crippen LogP contribution in [0.5, 0.6) is 5.75 Å². The van der Waals surface area contributed by atoms with Crippen molar-refractivity contribution in [1.82, 2.24) is 0 Å². The highest BCUT2D eigenvalue weighted by Crippen LogP contribution is 2.31. The van der Waals surface area contributed by atoms with Gasteiger partial charge in [-0.25, -0.2) is 0 Å². The van der Waals surface area contributed by atoms with Crippen LogP contribution in [-0.4, -0.2) is 5.11 Å². The molecule has 1 nitrogen and oxygen atoms in total. The van der Waals surface area contributed by atoms with Gasteiger partial charge in [0.2, 0.25) is 0 Å². The molecule has 1 heteroatoms.